The van der Waals surface area contributed by atoms with Crippen LogP contribution in [-0.4, -0.2) is 11.1 Å². The Labute approximate surface area is 106 Å². The lowest BCUT2D eigenvalue weighted by molar-refractivity contribution is 0.0695. The maximum Gasteiger partial charge on any atom is 0.338 e. The molecule has 3 nitrogen and oxygen atoms in total. The van der Waals surface area contributed by atoms with E-state index in [1.807, 2.05) is 0 Å². The number of anilines is 1. The fraction of sp³-hybridized carbons (Fsp3) is 0.615. The van der Waals surface area contributed by atoms with Gasteiger partial charge in [-0.05, 0) is 36.2 Å². The fourth-order valence-electron chi connectivity index (χ4n) is 2.76. The van der Waals surface area contributed by atoms with Crippen molar-refractivity contribution in [1.82, 2.24) is 0 Å². The summed E-state index contributed by atoms with van der Waals surface area (Å²) in [5, 5.41) is 9.79. The lowest BCUT2D eigenvalue weighted by atomic mass is 9.70. The number of carboxylic acids is 1. The van der Waals surface area contributed by atoms with Crippen molar-refractivity contribution in [2.45, 2.75) is 46.0 Å². The minimum Gasteiger partial charge on any atom is -0.478 e. The van der Waals surface area contributed by atoms with Gasteiger partial charge >= 0.3 is 5.97 Å². The van der Waals surface area contributed by atoms with Crippen LogP contribution in [0.1, 0.15) is 60.3 Å². The Morgan fingerprint density at radius 2 is 2.12 bits per heavy atom. The molecule has 1 aromatic rings. The maximum absolute atomic E-state index is 11.4. The van der Waals surface area contributed by atoms with Gasteiger partial charge in [0.2, 0.25) is 0 Å². The Morgan fingerprint density at radius 1 is 1.47 bits per heavy atom. The molecular weight excluding hydrogens is 234 g/mol. The van der Waals surface area contributed by atoms with Gasteiger partial charge in [0.25, 0.3) is 0 Å². The van der Waals surface area contributed by atoms with E-state index in [1.165, 1.54) is 16.2 Å². The molecule has 94 valence electrons. The van der Waals surface area contributed by atoms with E-state index in [0.717, 1.165) is 24.8 Å². The Balaban J connectivity index is 2.60. The lowest BCUT2D eigenvalue weighted by Crippen LogP contribution is -2.24. The highest BCUT2D eigenvalue weighted by molar-refractivity contribution is 7.16. The van der Waals surface area contributed by atoms with Gasteiger partial charge in [-0.3, -0.25) is 0 Å². The fourth-order valence-corrected chi connectivity index (χ4v) is 3.93. The molecule has 0 saturated heterocycles. The van der Waals surface area contributed by atoms with Gasteiger partial charge in [0, 0.05) is 4.88 Å². The first-order valence-corrected chi connectivity index (χ1v) is 6.78. The first-order chi connectivity index (χ1) is 7.82. The molecule has 1 aliphatic carbocycles. The SMILES string of the molecule is CC(C)(C)C1CCCc2sc(N)c(C(=O)O)c21. The second kappa shape index (κ2) is 4.02. The molecule has 0 spiro atoms. The van der Waals surface area contributed by atoms with E-state index in [2.05, 4.69) is 20.8 Å². The summed E-state index contributed by atoms with van der Waals surface area (Å²) >= 11 is 1.46. The number of fused-ring (bicyclic) bond motifs is 1. The van der Waals surface area contributed by atoms with Gasteiger partial charge in [-0.25, -0.2) is 4.79 Å². The number of hydrogen-bond donors (Lipinski definition) is 2. The molecule has 0 fully saturated rings. The third-order valence-electron chi connectivity index (χ3n) is 3.55. The second-order valence-electron chi connectivity index (χ2n) is 5.79. The van der Waals surface area contributed by atoms with Gasteiger partial charge in [-0.15, -0.1) is 11.3 Å². The molecular formula is C13H19NO2S. The van der Waals surface area contributed by atoms with Crippen LogP contribution in [0.25, 0.3) is 0 Å². The molecule has 3 N–H and O–H groups in total. The average molecular weight is 253 g/mol. The normalized spacial score (nSPS) is 20.1. The molecule has 4 heteroatoms. The highest BCUT2D eigenvalue weighted by atomic mass is 32.1. The zero-order chi connectivity index (χ0) is 12.8. The standard InChI is InChI=1S/C13H19NO2S/c1-13(2,3)7-5-4-6-8-9(7)10(12(15)16)11(14)17-8/h7H,4-6,14H2,1-3H3,(H,15,16). The summed E-state index contributed by atoms with van der Waals surface area (Å²) in [6.07, 6.45) is 3.17. The van der Waals surface area contributed by atoms with Crippen molar-refractivity contribution >= 4 is 22.3 Å². The van der Waals surface area contributed by atoms with Gasteiger partial charge in [0.15, 0.2) is 0 Å². The largest absolute Gasteiger partial charge is 0.478 e. The molecule has 0 amide bonds. The van der Waals surface area contributed by atoms with Crippen molar-refractivity contribution in [2.24, 2.45) is 5.41 Å². The molecule has 1 aromatic heterocycles. The van der Waals surface area contributed by atoms with Crippen LogP contribution in [-0.2, 0) is 6.42 Å². The van der Waals surface area contributed by atoms with E-state index in [4.69, 9.17) is 5.73 Å². The van der Waals surface area contributed by atoms with Gasteiger partial charge in [0.1, 0.15) is 5.00 Å². The minimum atomic E-state index is -0.879. The van der Waals surface area contributed by atoms with Gasteiger partial charge in [0.05, 0.1) is 5.56 Å². The van der Waals surface area contributed by atoms with E-state index in [1.54, 1.807) is 0 Å². The van der Waals surface area contributed by atoms with Crippen molar-refractivity contribution in [3.63, 3.8) is 0 Å². The predicted octanol–water partition coefficient (Wildman–Crippen LogP) is 3.49. The predicted molar refractivity (Wildman–Crippen MR) is 70.8 cm³/mol. The summed E-state index contributed by atoms with van der Waals surface area (Å²) in [6, 6.07) is 0. The van der Waals surface area contributed by atoms with Crippen LogP contribution >= 0.6 is 11.3 Å². The molecule has 0 bridgehead atoms. The van der Waals surface area contributed by atoms with Crippen LogP contribution in [0.4, 0.5) is 5.00 Å². The van der Waals surface area contributed by atoms with Crippen molar-refractivity contribution in [1.29, 1.82) is 0 Å². The molecule has 0 radical (unpaired) electrons. The van der Waals surface area contributed by atoms with Crippen LogP contribution in [0.2, 0.25) is 0 Å². The maximum atomic E-state index is 11.4. The Morgan fingerprint density at radius 3 is 2.65 bits per heavy atom. The van der Waals surface area contributed by atoms with E-state index < -0.39 is 5.97 Å². The van der Waals surface area contributed by atoms with E-state index >= 15 is 0 Å². The van der Waals surface area contributed by atoms with Crippen LogP contribution in [0.15, 0.2) is 0 Å². The first kappa shape index (κ1) is 12.4. The molecule has 1 aliphatic rings. The zero-order valence-corrected chi connectivity index (χ0v) is 11.4. The number of aryl methyl sites for hydroxylation is 1. The number of aromatic carboxylic acids is 1. The number of carboxylic acid groups (broad SMARTS) is 1. The van der Waals surface area contributed by atoms with Crippen molar-refractivity contribution in [3.8, 4) is 0 Å². The summed E-state index contributed by atoms with van der Waals surface area (Å²) in [5.74, 6) is -0.568. The minimum absolute atomic E-state index is 0.0902. The van der Waals surface area contributed by atoms with E-state index in [9.17, 15) is 9.90 Å². The quantitative estimate of drug-likeness (QED) is 0.805. The molecule has 1 atom stereocenters. The van der Waals surface area contributed by atoms with E-state index in [-0.39, 0.29) is 5.41 Å². The zero-order valence-electron chi connectivity index (χ0n) is 10.5. The number of nitrogen functional groups attached to an aromatic ring is 1. The number of thiophene rings is 1. The van der Waals surface area contributed by atoms with Crippen LogP contribution in [0.5, 0.6) is 0 Å². The van der Waals surface area contributed by atoms with Gasteiger partial charge in [-0.2, -0.15) is 0 Å². The van der Waals surface area contributed by atoms with Gasteiger partial charge in [-0.1, -0.05) is 20.8 Å². The third kappa shape index (κ3) is 2.06. The molecule has 1 heterocycles. The highest BCUT2D eigenvalue weighted by Crippen LogP contribution is 2.49. The monoisotopic (exact) mass is 253 g/mol. The summed E-state index contributed by atoms with van der Waals surface area (Å²) < 4.78 is 0. The Bertz CT molecular complexity index is 457. The molecule has 1 unspecified atom stereocenters. The van der Waals surface area contributed by atoms with Crippen molar-refractivity contribution < 1.29 is 9.90 Å². The third-order valence-corrected chi connectivity index (χ3v) is 4.65. The van der Waals surface area contributed by atoms with Crippen molar-refractivity contribution in [2.75, 3.05) is 5.73 Å². The van der Waals surface area contributed by atoms with Gasteiger partial charge < -0.3 is 10.8 Å². The number of carbonyl (C=O) groups is 1. The number of hydrogen-bond acceptors (Lipinski definition) is 3. The van der Waals surface area contributed by atoms with Crippen molar-refractivity contribution in [3.05, 3.63) is 16.0 Å². The second-order valence-corrected chi connectivity index (χ2v) is 6.93. The number of nitrogens with two attached hydrogens (primary N) is 1. The summed E-state index contributed by atoms with van der Waals surface area (Å²) in [7, 11) is 0. The Kier molecular flexibility index (Phi) is 2.94. The molecule has 2 rings (SSSR count). The summed E-state index contributed by atoms with van der Waals surface area (Å²) in [6.45, 7) is 6.52. The average Bonchev–Trinajstić information content (AvgIpc) is 2.51. The molecule has 0 saturated carbocycles. The highest BCUT2D eigenvalue weighted by Gasteiger charge is 2.36. The smallest absolute Gasteiger partial charge is 0.338 e. The van der Waals surface area contributed by atoms with E-state index in [0.29, 0.717) is 16.5 Å². The number of rotatable bonds is 1. The molecule has 0 aromatic carbocycles. The Hall–Kier alpha value is -1.03. The topological polar surface area (TPSA) is 63.3 Å². The van der Waals surface area contributed by atoms with Crippen LogP contribution in [0, 0.1) is 5.41 Å². The summed E-state index contributed by atoms with van der Waals surface area (Å²) in [4.78, 5) is 12.5. The molecule has 17 heavy (non-hydrogen) atoms. The van der Waals surface area contributed by atoms with Crippen LogP contribution < -0.4 is 5.73 Å². The molecule has 0 aliphatic heterocycles. The summed E-state index contributed by atoms with van der Waals surface area (Å²) in [5.41, 5.74) is 7.33. The van der Waals surface area contributed by atoms with Crippen LogP contribution in [0.3, 0.4) is 0 Å². The first-order valence-electron chi connectivity index (χ1n) is 5.96. The lowest BCUT2D eigenvalue weighted by Gasteiger charge is -2.34.